The molecule has 0 amide bonds. The topological polar surface area (TPSA) is 20.2 Å². The Balaban J connectivity index is 2.18. The lowest BCUT2D eigenvalue weighted by atomic mass is 10.0. The number of hydrogen-bond acceptors (Lipinski definition) is 1. The third-order valence-corrected chi connectivity index (χ3v) is 2.76. The van der Waals surface area contributed by atoms with Crippen LogP contribution >= 0.6 is 0 Å². The lowest BCUT2D eigenvalue weighted by Crippen LogP contribution is -1.98. The van der Waals surface area contributed by atoms with Gasteiger partial charge in [-0.2, -0.15) is 0 Å². The number of rotatable bonds is 2. The highest BCUT2D eigenvalue weighted by Gasteiger charge is 1.96. The maximum Gasteiger partial charge on any atom is 0.114 e. The molecule has 1 heteroatoms. The lowest BCUT2D eigenvalue weighted by molar-refractivity contribution is 0.228. The smallest absolute Gasteiger partial charge is 0.114 e. The molecule has 0 saturated carbocycles. The van der Waals surface area contributed by atoms with Gasteiger partial charge in [0.15, 0.2) is 0 Å². The zero-order valence-corrected chi connectivity index (χ0v) is 10.4. The van der Waals surface area contributed by atoms with Gasteiger partial charge in [0, 0.05) is 5.56 Å². The fourth-order valence-electron chi connectivity index (χ4n) is 1.65. The van der Waals surface area contributed by atoms with E-state index < -0.39 is 6.10 Å². The van der Waals surface area contributed by atoms with Crippen molar-refractivity contribution in [3.05, 3.63) is 60.2 Å². The molecular weight excluding hydrogens is 220 g/mol. The van der Waals surface area contributed by atoms with Gasteiger partial charge >= 0.3 is 0 Å². The van der Waals surface area contributed by atoms with E-state index in [2.05, 4.69) is 36.1 Å². The van der Waals surface area contributed by atoms with E-state index >= 15 is 0 Å². The van der Waals surface area contributed by atoms with Crippen LogP contribution in [0.15, 0.2) is 54.6 Å². The fourth-order valence-corrected chi connectivity index (χ4v) is 1.65. The van der Waals surface area contributed by atoms with Gasteiger partial charge in [-0.3, -0.25) is 0 Å². The van der Waals surface area contributed by atoms with Crippen LogP contribution < -0.4 is 0 Å². The highest BCUT2D eigenvalue weighted by molar-refractivity contribution is 5.64. The summed E-state index contributed by atoms with van der Waals surface area (Å²) in [6.07, 6.45) is 0.133. The molecule has 0 radical (unpaired) electrons. The molecule has 90 valence electrons. The van der Waals surface area contributed by atoms with Gasteiger partial charge in [-0.15, -0.1) is 0 Å². The van der Waals surface area contributed by atoms with Crippen LogP contribution in [0, 0.1) is 11.8 Å². The van der Waals surface area contributed by atoms with E-state index in [0.29, 0.717) is 6.42 Å². The van der Waals surface area contributed by atoms with Gasteiger partial charge in [0.2, 0.25) is 0 Å². The van der Waals surface area contributed by atoms with E-state index in [4.69, 9.17) is 0 Å². The Hall–Kier alpha value is -2.04. The van der Waals surface area contributed by atoms with E-state index in [1.807, 2.05) is 37.3 Å². The van der Waals surface area contributed by atoms with Crippen LogP contribution in [0.3, 0.4) is 0 Å². The van der Waals surface area contributed by atoms with Crippen molar-refractivity contribution < 1.29 is 5.11 Å². The molecule has 1 N–H and O–H groups in total. The SMILES string of the molecule is CCC(O)C#Cc1ccc(-c2ccccc2)cc1. The first-order valence-corrected chi connectivity index (χ1v) is 6.14. The van der Waals surface area contributed by atoms with E-state index in [1.54, 1.807) is 0 Å². The molecule has 2 aromatic rings. The summed E-state index contributed by atoms with van der Waals surface area (Å²) < 4.78 is 0. The molecule has 0 bridgehead atoms. The van der Waals surface area contributed by atoms with Crippen LogP contribution in [-0.4, -0.2) is 11.2 Å². The second kappa shape index (κ2) is 6.05. The largest absolute Gasteiger partial charge is 0.380 e. The van der Waals surface area contributed by atoms with E-state index in [1.165, 1.54) is 11.1 Å². The zero-order valence-electron chi connectivity index (χ0n) is 10.4. The third-order valence-electron chi connectivity index (χ3n) is 2.76. The normalized spacial score (nSPS) is 11.4. The molecule has 0 heterocycles. The van der Waals surface area contributed by atoms with Crippen LogP contribution in [0.4, 0.5) is 0 Å². The third kappa shape index (κ3) is 3.23. The Labute approximate surface area is 108 Å². The highest BCUT2D eigenvalue weighted by Crippen LogP contribution is 2.18. The summed E-state index contributed by atoms with van der Waals surface area (Å²) in [7, 11) is 0. The predicted molar refractivity (Wildman–Crippen MR) is 75.1 cm³/mol. The molecule has 18 heavy (non-hydrogen) atoms. The lowest BCUT2D eigenvalue weighted by Gasteiger charge is -2.01. The van der Waals surface area contributed by atoms with Crippen LogP contribution in [0.2, 0.25) is 0 Å². The fraction of sp³-hybridized carbons (Fsp3) is 0.176. The van der Waals surface area contributed by atoms with E-state index in [0.717, 1.165) is 5.56 Å². The molecule has 0 fully saturated rings. The average molecular weight is 236 g/mol. The molecule has 0 aromatic heterocycles. The quantitative estimate of drug-likeness (QED) is 0.791. The number of aliphatic hydroxyl groups is 1. The number of aliphatic hydroxyl groups excluding tert-OH is 1. The zero-order chi connectivity index (χ0) is 12.8. The first-order chi connectivity index (χ1) is 8.79. The van der Waals surface area contributed by atoms with Crippen molar-refractivity contribution in [2.45, 2.75) is 19.4 Å². The van der Waals surface area contributed by atoms with Crippen molar-refractivity contribution in [2.24, 2.45) is 0 Å². The number of benzene rings is 2. The van der Waals surface area contributed by atoms with Crippen molar-refractivity contribution in [3.63, 3.8) is 0 Å². The second-order valence-corrected chi connectivity index (χ2v) is 4.14. The van der Waals surface area contributed by atoms with Crippen molar-refractivity contribution in [1.29, 1.82) is 0 Å². The van der Waals surface area contributed by atoms with Crippen LogP contribution in [0.5, 0.6) is 0 Å². The molecule has 0 aliphatic heterocycles. The van der Waals surface area contributed by atoms with Crippen LogP contribution in [0.25, 0.3) is 11.1 Å². The van der Waals surface area contributed by atoms with Gasteiger partial charge < -0.3 is 5.11 Å². The Morgan fingerprint density at radius 1 is 0.944 bits per heavy atom. The summed E-state index contributed by atoms with van der Waals surface area (Å²) >= 11 is 0. The highest BCUT2D eigenvalue weighted by atomic mass is 16.3. The van der Waals surface area contributed by atoms with Crippen molar-refractivity contribution in [3.8, 4) is 23.0 Å². The summed E-state index contributed by atoms with van der Waals surface area (Å²) in [4.78, 5) is 0. The molecule has 0 spiro atoms. The summed E-state index contributed by atoms with van der Waals surface area (Å²) in [6, 6.07) is 18.3. The molecule has 0 saturated heterocycles. The van der Waals surface area contributed by atoms with Crippen molar-refractivity contribution >= 4 is 0 Å². The molecule has 2 rings (SSSR count). The summed E-state index contributed by atoms with van der Waals surface area (Å²) in [5, 5.41) is 9.38. The first kappa shape index (κ1) is 12.4. The van der Waals surface area contributed by atoms with Gasteiger partial charge in [0.1, 0.15) is 6.10 Å². The van der Waals surface area contributed by atoms with Crippen LogP contribution in [-0.2, 0) is 0 Å². The van der Waals surface area contributed by atoms with Gasteiger partial charge in [0.25, 0.3) is 0 Å². The maximum absolute atomic E-state index is 9.38. The molecule has 2 aromatic carbocycles. The van der Waals surface area contributed by atoms with Gasteiger partial charge in [-0.1, -0.05) is 61.2 Å². The Bertz CT molecular complexity index is 544. The average Bonchev–Trinajstić information content (AvgIpc) is 2.46. The molecule has 1 nitrogen and oxygen atoms in total. The molecule has 1 atom stereocenters. The minimum absolute atomic E-state index is 0.529. The van der Waals surface area contributed by atoms with Gasteiger partial charge in [-0.25, -0.2) is 0 Å². The monoisotopic (exact) mass is 236 g/mol. The Kier molecular flexibility index (Phi) is 4.17. The standard InChI is InChI=1S/C17H16O/c1-2-17(18)13-10-14-8-11-16(12-9-14)15-6-4-3-5-7-15/h3-9,11-12,17-18H,2H2,1H3. The maximum atomic E-state index is 9.38. The molecule has 0 aliphatic rings. The van der Waals surface area contributed by atoms with E-state index in [9.17, 15) is 5.11 Å². The molecule has 1 unspecified atom stereocenters. The minimum atomic E-state index is -0.529. The van der Waals surface area contributed by atoms with Crippen molar-refractivity contribution in [1.82, 2.24) is 0 Å². The number of hydrogen-bond donors (Lipinski definition) is 1. The Morgan fingerprint density at radius 3 is 2.17 bits per heavy atom. The molecule has 0 aliphatic carbocycles. The minimum Gasteiger partial charge on any atom is -0.380 e. The second-order valence-electron chi connectivity index (χ2n) is 4.14. The predicted octanol–water partition coefficient (Wildman–Crippen LogP) is 3.48. The van der Waals surface area contributed by atoms with E-state index in [-0.39, 0.29) is 0 Å². The summed E-state index contributed by atoms with van der Waals surface area (Å²) in [5.74, 6) is 5.79. The van der Waals surface area contributed by atoms with Crippen molar-refractivity contribution in [2.75, 3.05) is 0 Å². The van der Waals surface area contributed by atoms with Gasteiger partial charge in [0.05, 0.1) is 0 Å². The first-order valence-electron chi connectivity index (χ1n) is 6.14. The molecular formula is C17H16O. The van der Waals surface area contributed by atoms with Gasteiger partial charge in [-0.05, 0) is 29.7 Å². The summed E-state index contributed by atoms with van der Waals surface area (Å²) in [6.45, 7) is 1.91. The Morgan fingerprint density at radius 2 is 1.56 bits per heavy atom. The summed E-state index contributed by atoms with van der Waals surface area (Å²) in [5.41, 5.74) is 3.31. The van der Waals surface area contributed by atoms with Crippen LogP contribution in [0.1, 0.15) is 18.9 Å².